The molecule has 0 saturated heterocycles. The standard InChI is InChI=1S/C18H17F4N3O3/c1-10-8-28-16-14(25(10)17(26)27)7-12(6-11-2-4-13(19)5-3-11)15(24-16)23-9-18(20,21)22/h2-5,7,10H,6,8-9H2,1H3,(H,23,24)(H,26,27)/t10-/m0/s1. The number of fused-ring (bicyclic) bond motifs is 1. The van der Waals surface area contributed by atoms with E-state index in [1.165, 1.54) is 30.3 Å². The average Bonchev–Trinajstić information content (AvgIpc) is 2.61. The highest BCUT2D eigenvalue weighted by molar-refractivity contribution is 5.89. The smallest absolute Gasteiger partial charge is 0.412 e. The van der Waals surface area contributed by atoms with Crippen molar-refractivity contribution in [3.63, 3.8) is 0 Å². The first kappa shape index (κ1) is 19.7. The van der Waals surface area contributed by atoms with Crippen LogP contribution in [0.3, 0.4) is 0 Å². The van der Waals surface area contributed by atoms with Gasteiger partial charge in [0.25, 0.3) is 0 Å². The van der Waals surface area contributed by atoms with Crippen molar-refractivity contribution < 1.29 is 32.2 Å². The van der Waals surface area contributed by atoms with Gasteiger partial charge in [-0.2, -0.15) is 18.2 Å². The molecule has 0 fully saturated rings. The molecule has 1 atom stereocenters. The number of hydrogen-bond donors (Lipinski definition) is 2. The summed E-state index contributed by atoms with van der Waals surface area (Å²) in [5.41, 5.74) is 1.12. The minimum atomic E-state index is -4.47. The van der Waals surface area contributed by atoms with Crippen molar-refractivity contribution in [3.05, 3.63) is 47.3 Å². The largest absolute Gasteiger partial charge is 0.474 e. The Kier molecular flexibility index (Phi) is 5.30. The number of aromatic nitrogens is 1. The van der Waals surface area contributed by atoms with Crippen LogP contribution in [0.15, 0.2) is 30.3 Å². The van der Waals surface area contributed by atoms with Gasteiger partial charge in [0.05, 0.1) is 6.04 Å². The molecule has 0 unspecified atom stereocenters. The number of pyridine rings is 1. The summed E-state index contributed by atoms with van der Waals surface area (Å²) in [5.74, 6) is -0.574. The molecule has 0 aliphatic carbocycles. The number of nitrogens with one attached hydrogen (secondary N) is 1. The van der Waals surface area contributed by atoms with E-state index in [2.05, 4.69) is 10.3 Å². The van der Waals surface area contributed by atoms with Crippen molar-refractivity contribution in [1.29, 1.82) is 0 Å². The predicted molar refractivity (Wildman–Crippen MR) is 93.4 cm³/mol. The van der Waals surface area contributed by atoms with Crippen LogP contribution in [-0.2, 0) is 6.42 Å². The zero-order valence-electron chi connectivity index (χ0n) is 14.8. The van der Waals surface area contributed by atoms with E-state index in [4.69, 9.17) is 4.74 Å². The number of amides is 1. The predicted octanol–water partition coefficient (Wildman–Crippen LogP) is 4.05. The molecule has 28 heavy (non-hydrogen) atoms. The van der Waals surface area contributed by atoms with Gasteiger partial charge in [0.2, 0.25) is 5.88 Å². The zero-order chi connectivity index (χ0) is 20.5. The number of benzene rings is 1. The van der Waals surface area contributed by atoms with E-state index in [0.29, 0.717) is 11.1 Å². The molecular formula is C18H17F4N3O3. The highest BCUT2D eigenvalue weighted by Gasteiger charge is 2.33. The molecular weight excluding hydrogens is 382 g/mol. The summed E-state index contributed by atoms with van der Waals surface area (Å²) in [6, 6.07) is 6.41. The van der Waals surface area contributed by atoms with E-state index in [1.54, 1.807) is 6.92 Å². The molecule has 2 heterocycles. The number of carboxylic acid groups (broad SMARTS) is 1. The van der Waals surface area contributed by atoms with Gasteiger partial charge in [-0.05, 0) is 30.7 Å². The molecule has 1 aromatic carbocycles. The van der Waals surface area contributed by atoms with Crippen LogP contribution in [0.1, 0.15) is 18.1 Å². The molecule has 2 N–H and O–H groups in total. The lowest BCUT2D eigenvalue weighted by atomic mass is 10.0. The van der Waals surface area contributed by atoms with Crippen LogP contribution in [0.25, 0.3) is 0 Å². The minimum absolute atomic E-state index is 0.0301. The second-order valence-corrected chi connectivity index (χ2v) is 6.40. The van der Waals surface area contributed by atoms with Crippen molar-refractivity contribution in [2.24, 2.45) is 0 Å². The Balaban J connectivity index is 2.02. The van der Waals surface area contributed by atoms with Gasteiger partial charge < -0.3 is 15.2 Å². The van der Waals surface area contributed by atoms with Crippen molar-refractivity contribution in [3.8, 4) is 5.88 Å². The molecule has 1 aliphatic heterocycles. The SMILES string of the molecule is C[C@H]1COc2nc(NCC(F)(F)F)c(Cc3ccc(F)cc3)cc2N1C(=O)O. The van der Waals surface area contributed by atoms with E-state index in [1.807, 2.05) is 0 Å². The van der Waals surface area contributed by atoms with Gasteiger partial charge >= 0.3 is 12.3 Å². The fourth-order valence-corrected chi connectivity index (χ4v) is 2.90. The number of halogens is 4. The lowest BCUT2D eigenvalue weighted by Gasteiger charge is -2.33. The molecule has 0 spiro atoms. The van der Waals surface area contributed by atoms with Crippen LogP contribution in [0.4, 0.5) is 33.9 Å². The Bertz CT molecular complexity index is 872. The number of carbonyl (C=O) groups is 1. The van der Waals surface area contributed by atoms with Gasteiger partial charge in [-0.15, -0.1) is 0 Å². The van der Waals surface area contributed by atoms with E-state index in [9.17, 15) is 27.5 Å². The molecule has 0 saturated carbocycles. The molecule has 0 radical (unpaired) electrons. The summed E-state index contributed by atoms with van der Waals surface area (Å²) in [4.78, 5) is 16.8. The summed E-state index contributed by atoms with van der Waals surface area (Å²) in [6.45, 7) is 0.364. The van der Waals surface area contributed by atoms with Gasteiger partial charge in [0.15, 0.2) is 0 Å². The second-order valence-electron chi connectivity index (χ2n) is 6.40. The summed E-state index contributed by atoms with van der Waals surface area (Å²) < 4.78 is 56.5. The van der Waals surface area contributed by atoms with Gasteiger partial charge in [0, 0.05) is 12.0 Å². The topological polar surface area (TPSA) is 74.7 Å². The van der Waals surface area contributed by atoms with Crippen LogP contribution >= 0.6 is 0 Å². The van der Waals surface area contributed by atoms with Crippen LogP contribution < -0.4 is 15.0 Å². The van der Waals surface area contributed by atoms with E-state index in [0.717, 1.165) is 4.90 Å². The molecule has 1 amide bonds. The Morgan fingerprint density at radius 3 is 2.64 bits per heavy atom. The van der Waals surface area contributed by atoms with Gasteiger partial charge in [-0.1, -0.05) is 12.1 Å². The normalized spacial score (nSPS) is 16.3. The highest BCUT2D eigenvalue weighted by atomic mass is 19.4. The van der Waals surface area contributed by atoms with Crippen molar-refractivity contribution >= 4 is 17.6 Å². The molecule has 150 valence electrons. The first-order valence-corrected chi connectivity index (χ1v) is 8.38. The van der Waals surface area contributed by atoms with E-state index < -0.39 is 30.7 Å². The van der Waals surface area contributed by atoms with Crippen molar-refractivity contribution in [2.45, 2.75) is 25.6 Å². The maximum Gasteiger partial charge on any atom is 0.412 e. The number of rotatable bonds is 4. The van der Waals surface area contributed by atoms with E-state index >= 15 is 0 Å². The van der Waals surface area contributed by atoms with Crippen LogP contribution in [0, 0.1) is 5.82 Å². The molecule has 0 bridgehead atoms. The Labute approximate surface area is 157 Å². The summed E-state index contributed by atoms with van der Waals surface area (Å²) in [6.07, 6.45) is -5.56. The molecule has 2 aromatic rings. The number of hydrogen-bond acceptors (Lipinski definition) is 4. The lowest BCUT2D eigenvalue weighted by Crippen LogP contribution is -2.44. The van der Waals surface area contributed by atoms with Gasteiger partial charge in [-0.3, -0.25) is 4.90 Å². The summed E-state index contributed by atoms with van der Waals surface area (Å²) in [5, 5.41) is 11.7. The highest BCUT2D eigenvalue weighted by Crippen LogP contribution is 2.36. The molecule has 3 rings (SSSR count). The third kappa shape index (κ3) is 4.44. The van der Waals surface area contributed by atoms with Gasteiger partial charge in [-0.25, -0.2) is 9.18 Å². The Morgan fingerprint density at radius 2 is 2.04 bits per heavy atom. The third-order valence-electron chi connectivity index (χ3n) is 4.18. The Morgan fingerprint density at radius 1 is 1.36 bits per heavy atom. The zero-order valence-corrected chi connectivity index (χ0v) is 14.8. The van der Waals surface area contributed by atoms with Crippen LogP contribution in [-0.4, -0.2) is 41.6 Å². The number of nitrogens with zero attached hydrogens (tertiary/aromatic N) is 2. The fraction of sp³-hybridized carbons (Fsp3) is 0.333. The fourth-order valence-electron chi connectivity index (χ4n) is 2.90. The quantitative estimate of drug-likeness (QED) is 0.759. The maximum absolute atomic E-state index is 13.1. The maximum atomic E-state index is 13.1. The van der Waals surface area contributed by atoms with Crippen LogP contribution in [0.5, 0.6) is 5.88 Å². The lowest BCUT2D eigenvalue weighted by molar-refractivity contribution is -0.115. The number of ether oxygens (including phenoxy) is 1. The first-order chi connectivity index (χ1) is 13.1. The van der Waals surface area contributed by atoms with E-state index in [-0.39, 0.29) is 30.4 Å². The summed E-state index contributed by atoms with van der Waals surface area (Å²) in [7, 11) is 0. The second kappa shape index (κ2) is 7.53. The molecule has 6 nitrogen and oxygen atoms in total. The summed E-state index contributed by atoms with van der Waals surface area (Å²) >= 11 is 0. The number of alkyl halides is 3. The van der Waals surface area contributed by atoms with Crippen molar-refractivity contribution in [2.75, 3.05) is 23.4 Å². The number of anilines is 2. The average molecular weight is 399 g/mol. The van der Waals surface area contributed by atoms with Crippen molar-refractivity contribution in [1.82, 2.24) is 4.98 Å². The van der Waals surface area contributed by atoms with Gasteiger partial charge in [0.1, 0.15) is 30.5 Å². The Hall–Kier alpha value is -3.04. The monoisotopic (exact) mass is 399 g/mol. The molecule has 10 heteroatoms. The minimum Gasteiger partial charge on any atom is -0.474 e. The first-order valence-electron chi connectivity index (χ1n) is 8.38. The molecule has 1 aromatic heterocycles. The third-order valence-corrected chi connectivity index (χ3v) is 4.18. The van der Waals surface area contributed by atoms with Crippen LogP contribution in [0.2, 0.25) is 0 Å². The molecule has 1 aliphatic rings.